The summed E-state index contributed by atoms with van der Waals surface area (Å²) in [6.07, 6.45) is 4.32. The van der Waals surface area contributed by atoms with Crippen molar-refractivity contribution in [1.29, 1.82) is 0 Å². The van der Waals surface area contributed by atoms with Crippen LogP contribution >= 0.6 is 0 Å². The van der Waals surface area contributed by atoms with Gasteiger partial charge in [0.1, 0.15) is 6.26 Å². The van der Waals surface area contributed by atoms with E-state index < -0.39 is 5.97 Å². The van der Waals surface area contributed by atoms with Gasteiger partial charge >= 0.3 is 5.97 Å². The third-order valence-corrected chi connectivity index (χ3v) is 5.03. The van der Waals surface area contributed by atoms with Crippen molar-refractivity contribution >= 4 is 11.9 Å². The Balaban J connectivity index is 1.68. The summed E-state index contributed by atoms with van der Waals surface area (Å²) < 4.78 is 10.1. The van der Waals surface area contributed by atoms with Gasteiger partial charge < -0.3 is 14.1 Å². The van der Waals surface area contributed by atoms with Crippen LogP contribution < -0.4 is 0 Å². The van der Waals surface area contributed by atoms with E-state index in [1.807, 2.05) is 0 Å². The third kappa shape index (κ3) is 4.39. The topological polar surface area (TPSA) is 75.9 Å². The summed E-state index contributed by atoms with van der Waals surface area (Å²) in [5.41, 5.74) is 0.180. The van der Waals surface area contributed by atoms with Crippen LogP contribution in [-0.2, 0) is 16.1 Å². The van der Waals surface area contributed by atoms with Gasteiger partial charge in [-0.15, -0.1) is 0 Å². The summed E-state index contributed by atoms with van der Waals surface area (Å²) in [5.74, 6) is 1.29. The highest BCUT2D eigenvalue weighted by Crippen LogP contribution is 2.32. The fourth-order valence-corrected chi connectivity index (χ4v) is 3.34. The maximum absolute atomic E-state index is 12.6. The lowest BCUT2D eigenvalue weighted by Crippen LogP contribution is -2.47. The molecule has 1 saturated carbocycles. The van der Waals surface area contributed by atoms with Crippen molar-refractivity contribution in [2.75, 3.05) is 26.7 Å². The smallest absolute Gasteiger partial charge is 0.360 e. The van der Waals surface area contributed by atoms with Crippen LogP contribution in [0.15, 0.2) is 10.7 Å². The summed E-state index contributed by atoms with van der Waals surface area (Å²) in [5, 5.41) is 0. The summed E-state index contributed by atoms with van der Waals surface area (Å²) in [4.78, 5) is 32.6. The number of carbonyl (C=O) groups excluding carboxylic acids is 2. The number of ether oxygens (including phenoxy) is 1. The van der Waals surface area contributed by atoms with E-state index in [0.717, 1.165) is 13.1 Å². The van der Waals surface area contributed by atoms with Gasteiger partial charge in [0.2, 0.25) is 11.8 Å². The minimum absolute atomic E-state index is 0.180. The van der Waals surface area contributed by atoms with Crippen molar-refractivity contribution in [2.45, 2.75) is 45.7 Å². The molecule has 0 radical (unpaired) electrons. The minimum atomic E-state index is -0.503. The van der Waals surface area contributed by atoms with Gasteiger partial charge in [-0.1, -0.05) is 13.8 Å². The van der Waals surface area contributed by atoms with Crippen LogP contribution in [0.1, 0.15) is 49.5 Å². The van der Waals surface area contributed by atoms with Crippen molar-refractivity contribution in [3.63, 3.8) is 0 Å². The van der Waals surface area contributed by atoms with Crippen molar-refractivity contribution in [1.82, 2.24) is 14.8 Å². The van der Waals surface area contributed by atoms with Gasteiger partial charge in [-0.05, 0) is 24.7 Å². The second kappa shape index (κ2) is 7.56. The fourth-order valence-electron chi connectivity index (χ4n) is 3.34. The molecule has 1 aliphatic heterocycles. The Labute approximate surface area is 148 Å². The number of rotatable bonds is 6. The van der Waals surface area contributed by atoms with Gasteiger partial charge in [-0.2, -0.15) is 0 Å². The van der Waals surface area contributed by atoms with E-state index in [9.17, 15) is 9.59 Å². The standard InChI is InChI=1S/C18H27N3O4/c1-12(2)15-9-20(7-6-17(22)21(15)8-13-4-5-13)10-16-19-14(11-25-16)18(23)24-3/h11-13,15H,4-10H2,1-3H3/t15-/m1/s1. The summed E-state index contributed by atoms with van der Waals surface area (Å²) in [6, 6.07) is 0.200. The Bertz CT molecular complexity index is 624. The number of hydrogen-bond acceptors (Lipinski definition) is 6. The first-order valence-electron chi connectivity index (χ1n) is 9.02. The number of esters is 1. The normalized spacial score (nSPS) is 22.3. The van der Waals surface area contributed by atoms with Crippen LogP contribution in [0.5, 0.6) is 0 Å². The SMILES string of the molecule is COC(=O)c1coc(CN2CCC(=O)N(CC3CC3)[C@@H](C(C)C)C2)n1. The summed E-state index contributed by atoms with van der Waals surface area (Å²) >= 11 is 0. The van der Waals surface area contributed by atoms with Crippen molar-refractivity contribution in [3.8, 4) is 0 Å². The highest BCUT2D eigenvalue weighted by atomic mass is 16.5. The molecule has 0 bridgehead atoms. The van der Waals surface area contributed by atoms with Gasteiger partial charge in [0.15, 0.2) is 5.69 Å². The van der Waals surface area contributed by atoms with Gasteiger partial charge in [0.25, 0.3) is 0 Å². The number of amides is 1. The van der Waals surface area contributed by atoms with Crippen LogP contribution in [0.3, 0.4) is 0 Å². The average molecular weight is 349 g/mol. The number of aromatic nitrogens is 1. The second-order valence-corrected chi connectivity index (χ2v) is 7.40. The maximum atomic E-state index is 12.6. The Kier molecular flexibility index (Phi) is 5.42. The zero-order chi connectivity index (χ0) is 18.0. The van der Waals surface area contributed by atoms with Crippen molar-refractivity contribution in [3.05, 3.63) is 17.8 Å². The van der Waals surface area contributed by atoms with Crippen LogP contribution in [0.25, 0.3) is 0 Å². The first-order chi connectivity index (χ1) is 12.0. The molecule has 2 heterocycles. The predicted octanol–water partition coefficient (Wildman–Crippen LogP) is 1.93. The predicted molar refractivity (Wildman–Crippen MR) is 90.8 cm³/mol. The monoisotopic (exact) mass is 349 g/mol. The Morgan fingerprint density at radius 2 is 2.20 bits per heavy atom. The molecule has 0 spiro atoms. The molecule has 1 aliphatic carbocycles. The molecule has 1 atom stereocenters. The Hall–Kier alpha value is -1.89. The molecule has 1 amide bonds. The zero-order valence-electron chi connectivity index (χ0n) is 15.2. The molecule has 1 saturated heterocycles. The van der Waals surface area contributed by atoms with E-state index in [2.05, 4.69) is 33.4 Å². The van der Waals surface area contributed by atoms with Crippen LogP contribution in [-0.4, -0.2) is 59.4 Å². The van der Waals surface area contributed by atoms with Crippen LogP contribution in [0.4, 0.5) is 0 Å². The summed E-state index contributed by atoms with van der Waals surface area (Å²) in [7, 11) is 1.32. The number of carbonyl (C=O) groups is 2. The van der Waals surface area contributed by atoms with E-state index >= 15 is 0 Å². The average Bonchev–Trinajstić information content (AvgIpc) is 3.32. The molecule has 1 aromatic heterocycles. The lowest BCUT2D eigenvalue weighted by Gasteiger charge is -2.34. The quantitative estimate of drug-likeness (QED) is 0.731. The third-order valence-electron chi connectivity index (χ3n) is 5.03. The van der Waals surface area contributed by atoms with E-state index in [4.69, 9.17) is 4.42 Å². The molecular weight excluding hydrogens is 322 g/mol. The molecule has 2 fully saturated rings. The highest BCUT2D eigenvalue weighted by Gasteiger charge is 2.35. The van der Waals surface area contributed by atoms with E-state index in [0.29, 0.717) is 37.2 Å². The first kappa shape index (κ1) is 17.9. The molecule has 7 heteroatoms. The zero-order valence-corrected chi connectivity index (χ0v) is 15.2. The molecule has 2 aliphatic rings. The summed E-state index contributed by atoms with van der Waals surface area (Å²) in [6.45, 7) is 7.20. The highest BCUT2D eigenvalue weighted by molar-refractivity contribution is 5.86. The van der Waals surface area contributed by atoms with Gasteiger partial charge in [0.05, 0.1) is 13.7 Å². The molecule has 0 aromatic carbocycles. The number of hydrogen-bond donors (Lipinski definition) is 0. The molecular formula is C18H27N3O4. The van der Waals surface area contributed by atoms with Gasteiger partial charge in [-0.3, -0.25) is 9.69 Å². The van der Waals surface area contributed by atoms with Crippen molar-refractivity contribution < 1.29 is 18.7 Å². The first-order valence-corrected chi connectivity index (χ1v) is 9.02. The molecule has 1 aromatic rings. The Morgan fingerprint density at radius 1 is 1.44 bits per heavy atom. The molecule has 0 N–H and O–H groups in total. The minimum Gasteiger partial charge on any atom is -0.464 e. The van der Waals surface area contributed by atoms with Crippen LogP contribution in [0.2, 0.25) is 0 Å². The molecule has 7 nitrogen and oxygen atoms in total. The Morgan fingerprint density at radius 3 is 2.84 bits per heavy atom. The molecule has 0 unspecified atom stereocenters. The number of nitrogens with zero attached hydrogens (tertiary/aromatic N) is 3. The fraction of sp³-hybridized carbons (Fsp3) is 0.722. The van der Waals surface area contributed by atoms with Crippen LogP contribution in [0, 0.1) is 11.8 Å². The van der Waals surface area contributed by atoms with E-state index in [1.165, 1.54) is 26.2 Å². The molecule has 25 heavy (non-hydrogen) atoms. The number of methoxy groups -OCH3 is 1. The second-order valence-electron chi connectivity index (χ2n) is 7.40. The number of oxazole rings is 1. The lowest BCUT2D eigenvalue weighted by molar-refractivity contribution is -0.133. The van der Waals surface area contributed by atoms with Gasteiger partial charge in [0, 0.05) is 32.1 Å². The lowest BCUT2D eigenvalue weighted by atomic mass is 10.0. The largest absolute Gasteiger partial charge is 0.464 e. The van der Waals surface area contributed by atoms with E-state index in [1.54, 1.807) is 0 Å². The maximum Gasteiger partial charge on any atom is 0.360 e. The molecule has 138 valence electrons. The van der Waals surface area contributed by atoms with Crippen molar-refractivity contribution in [2.24, 2.45) is 11.8 Å². The van der Waals surface area contributed by atoms with E-state index in [-0.39, 0.29) is 17.6 Å². The molecule has 3 rings (SSSR count). The van der Waals surface area contributed by atoms with Gasteiger partial charge in [-0.25, -0.2) is 9.78 Å².